The third-order valence-corrected chi connectivity index (χ3v) is 3.61. The molecule has 1 aromatic carbocycles. The van der Waals surface area contributed by atoms with Crippen LogP contribution in [0.3, 0.4) is 0 Å². The molecule has 1 atom stereocenters. The van der Waals surface area contributed by atoms with Crippen molar-refractivity contribution >= 4 is 15.9 Å². The van der Waals surface area contributed by atoms with Crippen LogP contribution >= 0.6 is 15.9 Å². The predicted molar refractivity (Wildman–Crippen MR) is 74.6 cm³/mol. The van der Waals surface area contributed by atoms with Crippen molar-refractivity contribution in [3.63, 3.8) is 0 Å². The lowest BCUT2D eigenvalue weighted by atomic mass is 10.1. The summed E-state index contributed by atoms with van der Waals surface area (Å²) in [6.07, 6.45) is 5.26. The van der Waals surface area contributed by atoms with Crippen LogP contribution in [0.1, 0.15) is 45.1 Å². The van der Waals surface area contributed by atoms with Crippen molar-refractivity contribution in [2.45, 2.75) is 52.1 Å². The van der Waals surface area contributed by atoms with E-state index in [0.717, 1.165) is 6.54 Å². The average molecular weight is 284 g/mol. The Balaban J connectivity index is 2.26. The maximum atomic E-state index is 3.57. The van der Waals surface area contributed by atoms with Crippen LogP contribution in [-0.2, 0) is 6.54 Å². The second-order valence-electron chi connectivity index (χ2n) is 4.37. The topological polar surface area (TPSA) is 12.0 Å². The monoisotopic (exact) mass is 283 g/mol. The SMILES string of the molecule is CCCCCC(C)NCc1ccccc1Br. The molecular weight excluding hydrogens is 262 g/mol. The van der Waals surface area contributed by atoms with Gasteiger partial charge in [0, 0.05) is 17.1 Å². The minimum absolute atomic E-state index is 0.610. The lowest BCUT2D eigenvalue weighted by molar-refractivity contribution is 0.487. The predicted octanol–water partition coefficient (Wildman–Crippen LogP) is 4.51. The van der Waals surface area contributed by atoms with Crippen molar-refractivity contribution in [1.29, 1.82) is 0 Å². The molecule has 1 aromatic rings. The lowest BCUT2D eigenvalue weighted by Crippen LogP contribution is -2.25. The molecule has 1 rings (SSSR count). The van der Waals surface area contributed by atoms with Crippen molar-refractivity contribution in [3.8, 4) is 0 Å². The first-order valence-electron chi connectivity index (χ1n) is 6.20. The van der Waals surface area contributed by atoms with Crippen LogP contribution in [0.4, 0.5) is 0 Å². The average Bonchev–Trinajstić information content (AvgIpc) is 2.28. The maximum absolute atomic E-state index is 3.57. The molecule has 0 saturated heterocycles. The zero-order valence-electron chi connectivity index (χ0n) is 10.3. The van der Waals surface area contributed by atoms with Gasteiger partial charge in [-0.3, -0.25) is 0 Å². The molecule has 1 N–H and O–H groups in total. The number of nitrogens with one attached hydrogen (secondary N) is 1. The van der Waals surface area contributed by atoms with Gasteiger partial charge in [-0.05, 0) is 25.0 Å². The van der Waals surface area contributed by atoms with Gasteiger partial charge in [0.15, 0.2) is 0 Å². The first-order chi connectivity index (χ1) is 7.74. The largest absolute Gasteiger partial charge is 0.310 e. The van der Waals surface area contributed by atoms with Crippen LogP contribution in [0.25, 0.3) is 0 Å². The quantitative estimate of drug-likeness (QED) is 0.726. The summed E-state index contributed by atoms with van der Waals surface area (Å²) in [7, 11) is 0. The fourth-order valence-corrected chi connectivity index (χ4v) is 2.15. The summed E-state index contributed by atoms with van der Waals surface area (Å²) in [6.45, 7) is 5.47. The van der Waals surface area contributed by atoms with Crippen molar-refractivity contribution in [1.82, 2.24) is 5.32 Å². The highest BCUT2D eigenvalue weighted by Gasteiger charge is 2.02. The number of hydrogen-bond donors (Lipinski definition) is 1. The van der Waals surface area contributed by atoms with Crippen LogP contribution in [0.15, 0.2) is 28.7 Å². The molecule has 90 valence electrons. The summed E-state index contributed by atoms with van der Waals surface area (Å²) < 4.78 is 1.20. The molecule has 0 radical (unpaired) electrons. The highest BCUT2D eigenvalue weighted by molar-refractivity contribution is 9.10. The van der Waals surface area contributed by atoms with Gasteiger partial charge in [-0.2, -0.15) is 0 Å². The van der Waals surface area contributed by atoms with E-state index in [1.807, 2.05) is 0 Å². The highest BCUT2D eigenvalue weighted by Crippen LogP contribution is 2.15. The first kappa shape index (κ1) is 13.7. The fraction of sp³-hybridized carbons (Fsp3) is 0.571. The Morgan fingerprint density at radius 2 is 2.00 bits per heavy atom. The summed E-state index contributed by atoms with van der Waals surface area (Å²) in [5.41, 5.74) is 1.34. The first-order valence-corrected chi connectivity index (χ1v) is 7.00. The molecule has 0 heterocycles. The number of benzene rings is 1. The number of unbranched alkanes of at least 4 members (excludes halogenated alkanes) is 2. The zero-order chi connectivity index (χ0) is 11.8. The van der Waals surface area contributed by atoms with Gasteiger partial charge in [-0.15, -0.1) is 0 Å². The molecule has 0 aliphatic heterocycles. The number of halogens is 1. The Morgan fingerprint density at radius 1 is 1.25 bits per heavy atom. The van der Waals surface area contributed by atoms with Gasteiger partial charge in [-0.25, -0.2) is 0 Å². The molecule has 16 heavy (non-hydrogen) atoms. The van der Waals surface area contributed by atoms with E-state index in [0.29, 0.717) is 6.04 Å². The Hall–Kier alpha value is -0.340. The van der Waals surface area contributed by atoms with E-state index in [9.17, 15) is 0 Å². The third-order valence-electron chi connectivity index (χ3n) is 2.84. The van der Waals surface area contributed by atoms with Gasteiger partial charge >= 0.3 is 0 Å². The molecule has 0 spiro atoms. The van der Waals surface area contributed by atoms with Crippen LogP contribution < -0.4 is 5.32 Å². The Morgan fingerprint density at radius 3 is 2.69 bits per heavy atom. The minimum atomic E-state index is 0.610. The van der Waals surface area contributed by atoms with Crippen LogP contribution in [-0.4, -0.2) is 6.04 Å². The summed E-state index contributed by atoms with van der Waals surface area (Å²) in [5, 5.41) is 3.57. The Kier molecular flexibility index (Phi) is 6.74. The summed E-state index contributed by atoms with van der Waals surface area (Å²) in [5.74, 6) is 0. The second-order valence-corrected chi connectivity index (χ2v) is 5.22. The molecule has 1 unspecified atom stereocenters. The summed E-state index contributed by atoms with van der Waals surface area (Å²) >= 11 is 3.57. The van der Waals surface area contributed by atoms with Crippen molar-refractivity contribution in [2.75, 3.05) is 0 Å². The van der Waals surface area contributed by atoms with Crippen LogP contribution in [0.2, 0.25) is 0 Å². The Bertz CT molecular complexity index is 299. The van der Waals surface area contributed by atoms with Crippen molar-refractivity contribution < 1.29 is 0 Å². The van der Waals surface area contributed by atoms with E-state index >= 15 is 0 Å². The molecule has 0 amide bonds. The molecule has 0 aromatic heterocycles. The van der Waals surface area contributed by atoms with E-state index in [4.69, 9.17) is 0 Å². The Labute approximate surface area is 108 Å². The smallest absolute Gasteiger partial charge is 0.0220 e. The van der Waals surface area contributed by atoms with Gasteiger partial charge in [0.05, 0.1) is 0 Å². The number of hydrogen-bond acceptors (Lipinski definition) is 1. The maximum Gasteiger partial charge on any atom is 0.0220 e. The molecule has 0 aliphatic rings. The third kappa shape index (κ3) is 5.13. The molecule has 1 nitrogen and oxygen atoms in total. The van der Waals surface area contributed by atoms with E-state index in [2.05, 4.69) is 59.4 Å². The van der Waals surface area contributed by atoms with Crippen molar-refractivity contribution in [3.05, 3.63) is 34.3 Å². The number of rotatable bonds is 7. The molecule has 0 aliphatic carbocycles. The van der Waals surface area contributed by atoms with Gasteiger partial charge in [0.25, 0.3) is 0 Å². The standard InChI is InChI=1S/C14H22BrN/c1-3-4-5-8-12(2)16-11-13-9-6-7-10-14(13)15/h6-7,9-10,12,16H,3-5,8,11H2,1-2H3. The zero-order valence-corrected chi connectivity index (χ0v) is 11.9. The van der Waals surface area contributed by atoms with Crippen molar-refractivity contribution in [2.24, 2.45) is 0 Å². The molecule has 0 saturated carbocycles. The molecule has 0 bridgehead atoms. The van der Waals surface area contributed by atoms with Crippen LogP contribution in [0.5, 0.6) is 0 Å². The van der Waals surface area contributed by atoms with Gasteiger partial charge in [-0.1, -0.05) is 60.3 Å². The second kappa shape index (κ2) is 7.86. The molecule has 2 heteroatoms. The van der Waals surface area contributed by atoms with Gasteiger partial charge < -0.3 is 5.32 Å². The summed E-state index contributed by atoms with van der Waals surface area (Å²) in [6, 6.07) is 9.01. The highest BCUT2D eigenvalue weighted by atomic mass is 79.9. The van der Waals surface area contributed by atoms with Gasteiger partial charge in [0.2, 0.25) is 0 Å². The van der Waals surface area contributed by atoms with Crippen LogP contribution in [0, 0.1) is 0 Å². The van der Waals surface area contributed by atoms with Gasteiger partial charge in [0.1, 0.15) is 0 Å². The lowest BCUT2D eigenvalue weighted by Gasteiger charge is -2.14. The summed E-state index contributed by atoms with van der Waals surface area (Å²) in [4.78, 5) is 0. The molecule has 0 fully saturated rings. The van der Waals surface area contributed by atoms with E-state index in [1.165, 1.54) is 35.7 Å². The van der Waals surface area contributed by atoms with E-state index in [1.54, 1.807) is 0 Å². The fourth-order valence-electron chi connectivity index (χ4n) is 1.73. The molecular formula is C14H22BrN. The normalized spacial score (nSPS) is 12.7. The van der Waals surface area contributed by atoms with E-state index in [-0.39, 0.29) is 0 Å². The minimum Gasteiger partial charge on any atom is -0.310 e. The van der Waals surface area contributed by atoms with E-state index < -0.39 is 0 Å².